The van der Waals surface area contributed by atoms with Crippen molar-refractivity contribution in [2.24, 2.45) is 0 Å². The van der Waals surface area contributed by atoms with Gasteiger partial charge in [0.1, 0.15) is 11.5 Å². The van der Waals surface area contributed by atoms with Gasteiger partial charge in [-0.05, 0) is 54.1 Å². The highest BCUT2D eigenvalue weighted by atomic mass is 19.4. The average Bonchev–Trinajstić information content (AvgIpc) is 2.70. The van der Waals surface area contributed by atoms with Crippen LogP contribution in [0.5, 0.6) is 11.5 Å². The Hall–Kier alpha value is -2.25. The summed E-state index contributed by atoms with van der Waals surface area (Å²) in [4.78, 5) is 0. The van der Waals surface area contributed by atoms with E-state index in [4.69, 9.17) is 4.74 Å². The summed E-state index contributed by atoms with van der Waals surface area (Å²) in [6.07, 6.45) is -2.79. The fraction of sp³-hybridized carbons (Fsp3) is 0.500. The smallest absolute Gasteiger partial charge is 0.496 e. The number of hydrogen-bond donors (Lipinski definition) is 2. The van der Waals surface area contributed by atoms with E-state index in [9.17, 15) is 13.2 Å². The third-order valence-corrected chi connectivity index (χ3v) is 5.61. The van der Waals surface area contributed by atoms with Crippen molar-refractivity contribution in [3.8, 4) is 11.5 Å². The van der Waals surface area contributed by atoms with Crippen molar-refractivity contribution >= 4 is 0 Å². The van der Waals surface area contributed by atoms with Gasteiger partial charge in [0.25, 0.3) is 0 Å². The highest BCUT2D eigenvalue weighted by Crippen LogP contribution is 2.31. The van der Waals surface area contributed by atoms with Crippen LogP contribution < -0.4 is 20.1 Å². The molecule has 0 radical (unpaired) electrons. The molecule has 2 aromatic carbocycles. The molecule has 2 aromatic rings. The van der Waals surface area contributed by atoms with Gasteiger partial charge < -0.3 is 20.1 Å². The van der Waals surface area contributed by atoms with Crippen molar-refractivity contribution < 1.29 is 22.6 Å². The molecule has 0 aliphatic carbocycles. The molecule has 1 fully saturated rings. The number of alkyl halides is 3. The lowest BCUT2D eigenvalue weighted by atomic mass is 9.86. The summed E-state index contributed by atoms with van der Waals surface area (Å²) in [5.41, 5.74) is 3.08. The lowest BCUT2D eigenvalue weighted by Crippen LogP contribution is -2.45. The Morgan fingerprint density at radius 3 is 2.55 bits per heavy atom. The van der Waals surface area contributed by atoms with Crippen LogP contribution in [0, 0.1) is 0 Å². The maximum absolute atomic E-state index is 12.6. The second-order valence-corrected chi connectivity index (χ2v) is 8.96. The minimum absolute atomic E-state index is 0.0227. The fourth-order valence-corrected chi connectivity index (χ4v) is 3.99. The summed E-state index contributed by atoms with van der Waals surface area (Å²) >= 11 is 0. The molecular weight excluding hydrogens is 405 g/mol. The molecule has 4 nitrogen and oxygen atoms in total. The molecule has 0 amide bonds. The summed E-state index contributed by atoms with van der Waals surface area (Å²) < 4.78 is 47.5. The zero-order valence-electron chi connectivity index (χ0n) is 18.5. The van der Waals surface area contributed by atoms with E-state index < -0.39 is 6.36 Å². The number of nitrogens with one attached hydrogen (secondary N) is 2. The van der Waals surface area contributed by atoms with Gasteiger partial charge in [-0.2, -0.15) is 0 Å². The molecule has 0 spiro atoms. The van der Waals surface area contributed by atoms with Gasteiger partial charge in [0.15, 0.2) is 0 Å². The molecule has 3 rings (SSSR count). The van der Waals surface area contributed by atoms with E-state index in [2.05, 4.69) is 48.3 Å². The Morgan fingerprint density at radius 1 is 1.10 bits per heavy atom. The second kappa shape index (κ2) is 9.49. The van der Waals surface area contributed by atoms with E-state index in [1.165, 1.54) is 17.7 Å². The third-order valence-electron chi connectivity index (χ3n) is 5.61. The number of ether oxygens (including phenoxy) is 2. The molecule has 1 aliphatic heterocycles. The normalized spacial score (nSPS) is 19.8. The van der Waals surface area contributed by atoms with E-state index in [-0.39, 0.29) is 23.2 Å². The predicted molar refractivity (Wildman–Crippen MR) is 115 cm³/mol. The molecule has 1 saturated heterocycles. The van der Waals surface area contributed by atoms with Crippen LogP contribution in [0.15, 0.2) is 42.5 Å². The number of halogens is 3. The number of hydrogen-bond acceptors (Lipinski definition) is 4. The SMILES string of the molecule is COc1ccc(C(C)(C)C)cc1CN[C@@H]1CCCN[C@@H]1c1cccc(OC(F)(F)F)c1. The van der Waals surface area contributed by atoms with Crippen molar-refractivity contribution in [2.75, 3.05) is 13.7 Å². The quantitative estimate of drug-likeness (QED) is 0.630. The minimum Gasteiger partial charge on any atom is -0.496 e. The lowest BCUT2D eigenvalue weighted by Gasteiger charge is -2.34. The van der Waals surface area contributed by atoms with Crippen molar-refractivity contribution in [3.63, 3.8) is 0 Å². The van der Waals surface area contributed by atoms with Crippen molar-refractivity contribution in [3.05, 3.63) is 59.2 Å². The molecule has 31 heavy (non-hydrogen) atoms. The van der Waals surface area contributed by atoms with Crippen LogP contribution in [0.2, 0.25) is 0 Å². The molecule has 0 saturated carbocycles. The summed E-state index contributed by atoms with van der Waals surface area (Å²) in [7, 11) is 1.66. The molecule has 1 aliphatic rings. The van der Waals surface area contributed by atoms with E-state index in [1.807, 2.05) is 12.1 Å². The van der Waals surface area contributed by atoms with Crippen LogP contribution in [0.3, 0.4) is 0 Å². The van der Waals surface area contributed by atoms with Gasteiger partial charge in [-0.1, -0.05) is 45.0 Å². The van der Waals surface area contributed by atoms with Crippen LogP contribution >= 0.6 is 0 Å². The molecule has 0 aromatic heterocycles. The van der Waals surface area contributed by atoms with Crippen LogP contribution in [0.1, 0.15) is 56.3 Å². The van der Waals surface area contributed by atoms with Gasteiger partial charge >= 0.3 is 6.36 Å². The first-order valence-corrected chi connectivity index (χ1v) is 10.6. The van der Waals surface area contributed by atoms with E-state index in [0.717, 1.165) is 36.3 Å². The van der Waals surface area contributed by atoms with Gasteiger partial charge in [0, 0.05) is 24.2 Å². The largest absolute Gasteiger partial charge is 0.573 e. The molecular formula is C24H31F3N2O2. The maximum atomic E-state index is 12.6. The third kappa shape index (κ3) is 6.37. The topological polar surface area (TPSA) is 42.5 Å². The summed E-state index contributed by atoms with van der Waals surface area (Å²) in [5.74, 6) is 0.622. The first-order chi connectivity index (χ1) is 14.6. The summed E-state index contributed by atoms with van der Waals surface area (Å²) in [6, 6.07) is 12.4. The second-order valence-electron chi connectivity index (χ2n) is 8.96. The highest BCUT2D eigenvalue weighted by Gasteiger charge is 2.32. The van der Waals surface area contributed by atoms with Gasteiger partial charge in [-0.3, -0.25) is 0 Å². The van der Waals surface area contributed by atoms with Crippen LogP contribution in [-0.4, -0.2) is 26.1 Å². The molecule has 2 N–H and O–H groups in total. The molecule has 0 unspecified atom stereocenters. The highest BCUT2D eigenvalue weighted by molar-refractivity contribution is 5.40. The maximum Gasteiger partial charge on any atom is 0.573 e. The number of methoxy groups -OCH3 is 1. The van der Waals surface area contributed by atoms with Gasteiger partial charge in [-0.25, -0.2) is 0 Å². The zero-order valence-corrected chi connectivity index (χ0v) is 18.5. The molecule has 2 atom stereocenters. The molecule has 170 valence electrons. The van der Waals surface area contributed by atoms with E-state index >= 15 is 0 Å². The Morgan fingerprint density at radius 2 is 1.87 bits per heavy atom. The molecule has 1 heterocycles. The Labute approximate surface area is 182 Å². The Kier molecular flexibility index (Phi) is 7.17. The fourth-order valence-electron chi connectivity index (χ4n) is 3.99. The first-order valence-electron chi connectivity index (χ1n) is 10.6. The number of rotatable bonds is 6. The van der Waals surface area contributed by atoms with Gasteiger partial charge in [-0.15, -0.1) is 13.2 Å². The average molecular weight is 437 g/mol. The van der Waals surface area contributed by atoms with E-state index in [1.54, 1.807) is 13.2 Å². The molecule has 0 bridgehead atoms. The van der Waals surface area contributed by atoms with Crippen molar-refractivity contribution in [2.45, 2.75) is 64.0 Å². The summed E-state index contributed by atoms with van der Waals surface area (Å²) in [6.45, 7) is 7.93. The lowest BCUT2D eigenvalue weighted by molar-refractivity contribution is -0.274. The van der Waals surface area contributed by atoms with Crippen LogP contribution in [0.4, 0.5) is 13.2 Å². The van der Waals surface area contributed by atoms with Crippen LogP contribution in [-0.2, 0) is 12.0 Å². The first kappa shape index (κ1) is 23.4. The van der Waals surface area contributed by atoms with Crippen LogP contribution in [0.25, 0.3) is 0 Å². The van der Waals surface area contributed by atoms with Gasteiger partial charge in [0.2, 0.25) is 0 Å². The minimum atomic E-state index is -4.70. The molecule has 7 heteroatoms. The number of benzene rings is 2. The predicted octanol–water partition coefficient (Wildman–Crippen LogP) is 5.47. The summed E-state index contributed by atoms with van der Waals surface area (Å²) in [5, 5.41) is 7.05. The zero-order chi connectivity index (χ0) is 22.6. The van der Waals surface area contributed by atoms with Crippen molar-refractivity contribution in [1.29, 1.82) is 0 Å². The van der Waals surface area contributed by atoms with E-state index in [0.29, 0.717) is 6.54 Å². The van der Waals surface area contributed by atoms with Crippen molar-refractivity contribution in [1.82, 2.24) is 10.6 Å². The van der Waals surface area contributed by atoms with Gasteiger partial charge in [0.05, 0.1) is 7.11 Å². The standard InChI is InChI=1S/C24H31F3N2O2/c1-23(2,3)18-10-11-21(30-4)17(13-18)15-29-20-9-6-12-28-22(20)16-7-5-8-19(14-16)31-24(25,26)27/h5,7-8,10-11,13-14,20,22,28-29H,6,9,12,15H2,1-4H3/t20-,22-/m1/s1. The monoisotopic (exact) mass is 436 g/mol. The Bertz CT molecular complexity index is 878. The number of piperidine rings is 1. The Balaban J connectivity index is 1.78.